The second-order valence-corrected chi connectivity index (χ2v) is 9.35. The molecule has 2 N–H and O–H groups in total. The normalized spacial score (nSPS) is 14.7. The molecule has 1 aliphatic rings. The van der Waals surface area contributed by atoms with Crippen molar-refractivity contribution in [1.29, 1.82) is 0 Å². The Balaban J connectivity index is 1.55. The largest absolute Gasteiger partial charge is 0.478 e. The number of allylic oxidation sites excluding steroid dienone is 3. The van der Waals surface area contributed by atoms with Crippen LogP contribution in [-0.2, 0) is 14.3 Å². The Bertz CT molecular complexity index is 1310. The van der Waals surface area contributed by atoms with Crippen LogP contribution in [0.1, 0.15) is 46.8 Å². The van der Waals surface area contributed by atoms with Crippen molar-refractivity contribution in [2.45, 2.75) is 33.6 Å². The molecule has 1 heterocycles. The molecule has 1 fully saturated rings. The van der Waals surface area contributed by atoms with Crippen LogP contribution < -0.4 is 5.32 Å². The van der Waals surface area contributed by atoms with Gasteiger partial charge in [0.15, 0.2) is 0 Å². The maximum absolute atomic E-state index is 12.7. The summed E-state index contributed by atoms with van der Waals surface area (Å²) < 4.78 is 5.87. The summed E-state index contributed by atoms with van der Waals surface area (Å²) in [5.74, 6) is -1.10. The van der Waals surface area contributed by atoms with E-state index >= 15 is 0 Å². The highest BCUT2D eigenvalue weighted by Crippen LogP contribution is 2.32. The van der Waals surface area contributed by atoms with Crippen LogP contribution in [0.3, 0.4) is 0 Å². The lowest BCUT2D eigenvalue weighted by molar-refractivity contribution is -0.127. The van der Waals surface area contributed by atoms with E-state index in [0.29, 0.717) is 41.2 Å². The van der Waals surface area contributed by atoms with Crippen LogP contribution in [0.15, 0.2) is 71.9 Å². The predicted molar refractivity (Wildman–Crippen MR) is 144 cm³/mol. The molecular formula is C28H28N2O6S. The molecular weight excluding hydrogens is 492 g/mol. The second-order valence-electron chi connectivity index (χ2n) is 8.36. The average Bonchev–Trinajstić information content (AvgIpc) is 3.11. The van der Waals surface area contributed by atoms with Crippen LogP contribution in [0, 0.1) is 13.8 Å². The van der Waals surface area contributed by atoms with Gasteiger partial charge in [-0.05, 0) is 68.8 Å². The Morgan fingerprint density at radius 1 is 1.11 bits per heavy atom. The fourth-order valence-corrected chi connectivity index (χ4v) is 4.47. The summed E-state index contributed by atoms with van der Waals surface area (Å²) in [6.45, 7) is 8.98. The molecule has 0 aliphatic carbocycles. The van der Waals surface area contributed by atoms with Gasteiger partial charge in [-0.3, -0.25) is 19.3 Å². The van der Waals surface area contributed by atoms with E-state index in [1.807, 2.05) is 19.1 Å². The first kappa shape index (κ1) is 27.5. The van der Waals surface area contributed by atoms with E-state index in [1.165, 1.54) is 6.07 Å². The van der Waals surface area contributed by atoms with Crippen LogP contribution in [0.4, 0.5) is 10.5 Å². The Kier molecular flexibility index (Phi) is 9.08. The van der Waals surface area contributed by atoms with Gasteiger partial charge in [0, 0.05) is 17.7 Å². The summed E-state index contributed by atoms with van der Waals surface area (Å²) in [6.07, 6.45) is 4.11. The molecule has 1 saturated heterocycles. The highest BCUT2D eigenvalue weighted by molar-refractivity contribution is 8.18. The van der Waals surface area contributed by atoms with Crippen molar-refractivity contribution >= 4 is 46.2 Å². The quantitative estimate of drug-likeness (QED) is 0.297. The number of hydrogen-bond donors (Lipinski definition) is 2. The lowest BCUT2D eigenvalue weighted by atomic mass is 10.0. The monoisotopic (exact) mass is 520 g/mol. The third-order valence-electron chi connectivity index (χ3n) is 5.61. The van der Waals surface area contributed by atoms with Crippen molar-refractivity contribution in [1.82, 2.24) is 4.90 Å². The number of carboxylic acids is 1. The zero-order valence-electron chi connectivity index (χ0n) is 20.9. The molecule has 3 rings (SSSR count). The number of nitrogens with one attached hydrogen (secondary N) is 1. The number of benzene rings is 2. The second kappa shape index (κ2) is 12.2. The Labute approximate surface area is 219 Å². The minimum Gasteiger partial charge on any atom is -0.478 e. The standard InChI is InChI=1S/C28H28N2O6S/c1-5-23(21-9-7-10-22(19(21)4)27(33)34)36-18(3)8-6-11-24-26(32)30(28(35)37-24)16-25(31)29-20-14-12-17(2)13-15-20/h5,7,9-15H,3,6,8,16H2,1-2,4H3,(H,29,31)(H,33,34)/b23-5-,24-11-. The minimum atomic E-state index is -1.02. The number of amides is 3. The first-order valence-electron chi connectivity index (χ1n) is 11.6. The zero-order valence-corrected chi connectivity index (χ0v) is 21.7. The van der Waals surface area contributed by atoms with Crippen molar-refractivity contribution in [3.05, 3.63) is 94.1 Å². The van der Waals surface area contributed by atoms with Gasteiger partial charge < -0.3 is 15.2 Å². The maximum atomic E-state index is 12.7. The molecule has 37 heavy (non-hydrogen) atoms. The molecule has 0 bridgehead atoms. The summed E-state index contributed by atoms with van der Waals surface area (Å²) in [6, 6.07) is 12.2. The van der Waals surface area contributed by atoms with Crippen LogP contribution in [0.25, 0.3) is 5.76 Å². The summed E-state index contributed by atoms with van der Waals surface area (Å²) in [5, 5.41) is 11.5. The van der Waals surface area contributed by atoms with Gasteiger partial charge in [0.25, 0.3) is 11.1 Å². The SMILES string of the molecule is C=C(CC/C=C1\SC(=O)N(CC(=O)Nc2ccc(C)cc2)C1=O)O/C(=C\C)c1cccc(C(=O)O)c1C. The van der Waals surface area contributed by atoms with Gasteiger partial charge in [0.05, 0.1) is 16.2 Å². The van der Waals surface area contributed by atoms with Crippen LogP contribution >= 0.6 is 11.8 Å². The predicted octanol–water partition coefficient (Wildman–Crippen LogP) is 5.89. The Hall–Kier alpha value is -4.11. The van der Waals surface area contributed by atoms with Crippen LogP contribution in [-0.4, -0.2) is 39.6 Å². The number of carbonyl (C=O) groups excluding carboxylic acids is 3. The summed E-state index contributed by atoms with van der Waals surface area (Å²) in [4.78, 5) is 49.9. The number of aryl methyl sites for hydroxylation is 1. The Morgan fingerprint density at radius 3 is 2.43 bits per heavy atom. The number of thioether (sulfide) groups is 1. The van der Waals surface area contributed by atoms with Crippen molar-refractivity contribution in [2.24, 2.45) is 0 Å². The molecule has 0 unspecified atom stereocenters. The molecule has 2 aromatic rings. The fraction of sp³-hybridized carbons (Fsp3) is 0.214. The lowest BCUT2D eigenvalue weighted by Crippen LogP contribution is -2.36. The van der Waals surface area contributed by atoms with Crippen LogP contribution in [0.5, 0.6) is 0 Å². The molecule has 0 radical (unpaired) electrons. The minimum absolute atomic E-state index is 0.189. The molecule has 192 valence electrons. The molecule has 3 amide bonds. The first-order valence-corrected chi connectivity index (χ1v) is 12.4. The van der Waals surface area contributed by atoms with E-state index in [0.717, 1.165) is 22.2 Å². The fourth-order valence-electron chi connectivity index (χ4n) is 3.63. The average molecular weight is 521 g/mol. The van der Waals surface area contributed by atoms with E-state index in [2.05, 4.69) is 11.9 Å². The molecule has 0 spiro atoms. The first-order chi connectivity index (χ1) is 17.6. The zero-order chi connectivity index (χ0) is 27.1. The van der Waals surface area contributed by atoms with Gasteiger partial charge in [0.2, 0.25) is 5.91 Å². The van der Waals surface area contributed by atoms with Crippen molar-refractivity contribution in [3.8, 4) is 0 Å². The topological polar surface area (TPSA) is 113 Å². The summed E-state index contributed by atoms with van der Waals surface area (Å²) in [7, 11) is 0. The molecule has 1 aliphatic heterocycles. The number of nitrogens with zero attached hydrogens (tertiary/aromatic N) is 1. The third-order valence-corrected chi connectivity index (χ3v) is 6.57. The highest BCUT2D eigenvalue weighted by Gasteiger charge is 2.36. The number of rotatable bonds is 10. The number of anilines is 1. The van der Waals surface area contributed by atoms with E-state index in [4.69, 9.17) is 4.74 Å². The molecule has 2 aromatic carbocycles. The number of imide groups is 1. The Morgan fingerprint density at radius 2 is 1.78 bits per heavy atom. The van der Waals surface area contributed by atoms with Crippen molar-refractivity contribution in [2.75, 3.05) is 11.9 Å². The van der Waals surface area contributed by atoms with Crippen molar-refractivity contribution in [3.63, 3.8) is 0 Å². The third kappa shape index (κ3) is 6.98. The van der Waals surface area contributed by atoms with Gasteiger partial charge >= 0.3 is 5.97 Å². The number of ether oxygens (including phenoxy) is 1. The molecule has 9 heteroatoms. The maximum Gasteiger partial charge on any atom is 0.335 e. The van der Waals surface area contributed by atoms with E-state index in [1.54, 1.807) is 50.3 Å². The van der Waals surface area contributed by atoms with E-state index in [-0.39, 0.29) is 17.0 Å². The molecule has 0 saturated carbocycles. The van der Waals surface area contributed by atoms with Gasteiger partial charge in [-0.1, -0.05) is 42.5 Å². The molecule has 0 atom stereocenters. The van der Waals surface area contributed by atoms with Crippen LogP contribution in [0.2, 0.25) is 0 Å². The van der Waals surface area contributed by atoms with Gasteiger partial charge in [-0.25, -0.2) is 4.79 Å². The molecule has 8 nitrogen and oxygen atoms in total. The van der Waals surface area contributed by atoms with Gasteiger partial charge in [-0.2, -0.15) is 0 Å². The smallest absolute Gasteiger partial charge is 0.335 e. The van der Waals surface area contributed by atoms with Gasteiger partial charge in [-0.15, -0.1) is 0 Å². The highest BCUT2D eigenvalue weighted by atomic mass is 32.2. The molecule has 0 aromatic heterocycles. The lowest BCUT2D eigenvalue weighted by Gasteiger charge is -2.15. The summed E-state index contributed by atoms with van der Waals surface area (Å²) >= 11 is 0.786. The van der Waals surface area contributed by atoms with E-state index < -0.39 is 23.0 Å². The number of carbonyl (C=O) groups is 4. The number of carboxylic acid groups (broad SMARTS) is 1. The van der Waals surface area contributed by atoms with E-state index in [9.17, 15) is 24.3 Å². The number of hydrogen-bond acceptors (Lipinski definition) is 6. The van der Waals surface area contributed by atoms with Gasteiger partial charge in [0.1, 0.15) is 12.3 Å². The van der Waals surface area contributed by atoms with Crippen molar-refractivity contribution < 1.29 is 29.0 Å². The number of aromatic carboxylic acids is 1. The summed E-state index contributed by atoms with van der Waals surface area (Å²) in [5.41, 5.74) is 3.05.